The predicted octanol–water partition coefficient (Wildman–Crippen LogP) is 4.04. The Bertz CT molecular complexity index is 287. The molecule has 2 fully saturated rings. The number of carbonyl (C=O) groups is 1. The molecule has 0 amide bonds. The molecular weight excluding hydrogens is 234 g/mol. The summed E-state index contributed by atoms with van der Waals surface area (Å²) in [6.07, 6.45) is 11.0. The van der Waals surface area contributed by atoms with Crippen LogP contribution in [0.15, 0.2) is 0 Å². The van der Waals surface area contributed by atoms with Crippen LogP contribution in [0.5, 0.6) is 0 Å². The van der Waals surface area contributed by atoms with Crippen LogP contribution in [0.1, 0.15) is 71.6 Å². The summed E-state index contributed by atoms with van der Waals surface area (Å²) >= 11 is 0. The monoisotopic (exact) mass is 265 g/mol. The molecule has 2 rings (SSSR count). The van der Waals surface area contributed by atoms with E-state index in [9.17, 15) is 4.79 Å². The highest BCUT2D eigenvalue weighted by Crippen LogP contribution is 2.31. The molecular formula is C17H31NO. The van der Waals surface area contributed by atoms with Gasteiger partial charge in [0, 0.05) is 18.4 Å². The van der Waals surface area contributed by atoms with Crippen LogP contribution in [-0.4, -0.2) is 29.8 Å². The first kappa shape index (κ1) is 15.0. The second kappa shape index (κ2) is 7.42. The molecule has 2 unspecified atom stereocenters. The van der Waals surface area contributed by atoms with E-state index in [-0.39, 0.29) is 0 Å². The number of piperidine rings is 1. The van der Waals surface area contributed by atoms with Gasteiger partial charge in [0.05, 0.1) is 0 Å². The highest BCUT2D eigenvalue weighted by Gasteiger charge is 2.34. The lowest BCUT2D eigenvalue weighted by Crippen LogP contribution is -2.47. The summed E-state index contributed by atoms with van der Waals surface area (Å²) in [5.41, 5.74) is 0. The second-order valence-electron chi connectivity index (χ2n) is 6.95. The van der Waals surface area contributed by atoms with Gasteiger partial charge in [-0.15, -0.1) is 0 Å². The quantitative estimate of drug-likeness (QED) is 0.748. The molecule has 2 atom stereocenters. The largest absolute Gasteiger partial charge is 0.300 e. The molecule has 1 saturated carbocycles. The normalized spacial score (nSPS) is 29.9. The van der Waals surface area contributed by atoms with Gasteiger partial charge >= 0.3 is 0 Å². The topological polar surface area (TPSA) is 20.3 Å². The molecule has 0 aromatic carbocycles. The van der Waals surface area contributed by atoms with Crippen LogP contribution in [0, 0.1) is 11.8 Å². The fourth-order valence-corrected chi connectivity index (χ4v) is 3.87. The van der Waals surface area contributed by atoms with Gasteiger partial charge in [0.2, 0.25) is 0 Å². The van der Waals surface area contributed by atoms with Crippen LogP contribution in [0.3, 0.4) is 0 Å². The Labute approximate surface area is 118 Å². The Morgan fingerprint density at radius 3 is 2.68 bits per heavy atom. The van der Waals surface area contributed by atoms with E-state index in [0.29, 0.717) is 17.7 Å². The minimum Gasteiger partial charge on any atom is -0.300 e. The molecule has 2 nitrogen and oxygen atoms in total. The number of likely N-dealkylation sites (tertiary alicyclic amines) is 1. The van der Waals surface area contributed by atoms with E-state index in [4.69, 9.17) is 0 Å². The van der Waals surface area contributed by atoms with E-state index in [1.54, 1.807) is 0 Å². The molecule has 1 heterocycles. The summed E-state index contributed by atoms with van der Waals surface area (Å²) < 4.78 is 0. The third-order valence-corrected chi connectivity index (χ3v) is 4.96. The van der Waals surface area contributed by atoms with Gasteiger partial charge in [0.25, 0.3) is 0 Å². The maximum atomic E-state index is 12.2. The first-order valence-electron chi connectivity index (χ1n) is 8.45. The van der Waals surface area contributed by atoms with Crippen LogP contribution >= 0.6 is 0 Å². The van der Waals surface area contributed by atoms with Crippen molar-refractivity contribution in [2.45, 2.75) is 77.7 Å². The van der Waals surface area contributed by atoms with Gasteiger partial charge in [-0.3, -0.25) is 9.69 Å². The molecule has 19 heavy (non-hydrogen) atoms. The van der Waals surface area contributed by atoms with Crippen molar-refractivity contribution in [3.05, 3.63) is 0 Å². The lowest BCUT2D eigenvalue weighted by atomic mass is 9.79. The van der Waals surface area contributed by atoms with Gasteiger partial charge in [-0.05, 0) is 57.5 Å². The molecule has 0 aromatic rings. The van der Waals surface area contributed by atoms with Crippen molar-refractivity contribution in [3.8, 4) is 0 Å². The van der Waals surface area contributed by atoms with Crippen molar-refractivity contribution in [2.24, 2.45) is 11.8 Å². The van der Waals surface area contributed by atoms with Crippen molar-refractivity contribution in [2.75, 3.05) is 13.1 Å². The molecule has 0 spiro atoms. The zero-order chi connectivity index (χ0) is 13.7. The van der Waals surface area contributed by atoms with E-state index in [2.05, 4.69) is 18.7 Å². The Morgan fingerprint density at radius 2 is 1.95 bits per heavy atom. The molecule has 0 radical (unpaired) electrons. The van der Waals surface area contributed by atoms with E-state index in [0.717, 1.165) is 25.2 Å². The number of nitrogens with zero attached hydrogens (tertiary/aromatic N) is 1. The van der Waals surface area contributed by atoms with Gasteiger partial charge in [-0.2, -0.15) is 0 Å². The van der Waals surface area contributed by atoms with Gasteiger partial charge in [-0.1, -0.05) is 26.7 Å². The number of Topliss-reactive ketones (excluding diaryl/α,β-unsaturated/α-hetero) is 1. The highest BCUT2D eigenvalue weighted by molar-refractivity contribution is 5.82. The van der Waals surface area contributed by atoms with Gasteiger partial charge in [0.1, 0.15) is 5.78 Å². The summed E-state index contributed by atoms with van der Waals surface area (Å²) in [4.78, 5) is 14.8. The van der Waals surface area contributed by atoms with E-state index >= 15 is 0 Å². The van der Waals surface area contributed by atoms with E-state index in [1.807, 2.05) is 0 Å². The Hall–Kier alpha value is -0.370. The molecule has 110 valence electrons. The maximum absolute atomic E-state index is 12.2. The summed E-state index contributed by atoms with van der Waals surface area (Å²) in [5.74, 6) is 1.74. The first-order chi connectivity index (χ1) is 9.18. The fourth-order valence-electron chi connectivity index (χ4n) is 3.87. The smallest absolute Gasteiger partial charge is 0.137 e. The van der Waals surface area contributed by atoms with Crippen molar-refractivity contribution >= 4 is 5.78 Å². The molecule has 1 saturated heterocycles. The standard InChI is InChI=1S/C17H31NO/c1-14(2)8-7-13-18-12-6-5-10-16(18)15-9-3-4-11-17(15)19/h14-16H,3-13H2,1-2H3. The third-order valence-electron chi connectivity index (χ3n) is 4.96. The van der Waals surface area contributed by atoms with Crippen molar-refractivity contribution in [3.63, 3.8) is 0 Å². The van der Waals surface area contributed by atoms with Crippen molar-refractivity contribution in [1.29, 1.82) is 0 Å². The minimum atomic E-state index is 0.369. The van der Waals surface area contributed by atoms with Crippen molar-refractivity contribution < 1.29 is 4.79 Å². The molecule has 2 aliphatic rings. The number of hydrogen-bond donors (Lipinski definition) is 0. The lowest BCUT2D eigenvalue weighted by molar-refractivity contribution is -0.127. The summed E-state index contributed by atoms with van der Waals surface area (Å²) in [6.45, 7) is 7.05. The zero-order valence-electron chi connectivity index (χ0n) is 12.9. The van der Waals surface area contributed by atoms with Crippen molar-refractivity contribution in [1.82, 2.24) is 4.90 Å². The van der Waals surface area contributed by atoms with Gasteiger partial charge in [0.15, 0.2) is 0 Å². The number of hydrogen-bond acceptors (Lipinski definition) is 2. The second-order valence-corrected chi connectivity index (χ2v) is 6.95. The minimum absolute atomic E-state index is 0.369. The van der Waals surface area contributed by atoms with Crippen LogP contribution < -0.4 is 0 Å². The molecule has 0 aromatic heterocycles. The highest BCUT2D eigenvalue weighted by atomic mass is 16.1. The molecule has 1 aliphatic heterocycles. The molecule has 2 heteroatoms. The Balaban J connectivity index is 1.89. The van der Waals surface area contributed by atoms with Gasteiger partial charge < -0.3 is 0 Å². The average molecular weight is 265 g/mol. The summed E-state index contributed by atoms with van der Waals surface area (Å²) in [6, 6.07) is 0.578. The number of ketones is 1. The number of carbonyl (C=O) groups excluding carboxylic acids is 1. The maximum Gasteiger partial charge on any atom is 0.137 e. The SMILES string of the molecule is CC(C)CCCN1CCCCC1C1CCCCC1=O. The van der Waals surface area contributed by atoms with Crippen LogP contribution in [-0.2, 0) is 4.79 Å². The zero-order valence-corrected chi connectivity index (χ0v) is 12.9. The third kappa shape index (κ3) is 4.30. The predicted molar refractivity (Wildman–Crippen MR) is 80.2 cm³/mol. The summed E-state index contributed by atoms with van der Waals surface area (Å²) in [5, 5.41) is 0. The summed E-state index contributed by atoms with van der Waals surface area (Å²) in [7, 11) is 0. The van der Waals surface area contributed by atoms with Gasteiger partial charge in [-0.25, -0.2) is 0 Å². The van der Waals surface area contributed by atoms with Crippen LogP contribution in [0.4, 0.5) is 0 Å². The Morgan fingerprint density at radius 1 is 1.16 bits per heavy atom. The fraction of sp³-hybridized carbons (Fsp3) is 0.941. The molecule has 0 N–H and O–H groups in total. The van der Waals surface area contributed by atoms with E-state index in [1.165, 1.54) is 51.6 Å². The first-order valence-corrected chi connectivity index (χ1v) is 8.45. The lowest BCUT2D eigenvalue weighted by Gasteiger charge is -2.41. The van der Waals surface area contributed by atoms with Crippen LogP contribution in [0.25, 0.3) is 0 Å². The average Bonchev–Trinajstić information content (AvgIpc) is 2.40. The molecule has 0 bridgehead atoms. The van der Waals surface area contributed by atoms with E-state index < -0.39 is 0 Å². The molecule has 1 aliphatic carbocycles. The Kier molecular flexibility index (Phi) is 5.87. The number of rotatable bonds is 5. The van der Waals surface area contributed by atoms with Crippen LogP contribution in [0.2, 0.25) is 0 Å².